The van der Waals surface area contributed by atoms with Crippen LogP contribution in [0, 0.1) is 17.0 Å². The third kappa shape index (κ3) is 2.16. The highest BCUT2D eigenvalue weighted by molar-refractivity contribution is 5.92. The first-order valence-corrected chi connectivity index (χ1v) is 7.01. The van der Waals surface area contributed by atoms with E-state index in [4.69, 9.17) is 10.5 Å². The topological polar surface area (TPSA) is 146 Å². The number of imidazole rings is 1. The number of aromatic nitrogens is 3. The van der Waals surface area contributed by atoms with Gasteiger partial charge in [0, 0.05) is 6.07 Å². The van der Waals surface area contributed by atoms with Gasteiger partial charge in [0.2, 0.25) is 5.65 Å². The molecule has 3 aromatic rings. The van der Waals surface area contributed by atoms with Crippen molar-refractivity contribution in [3.63, 3.8) is 0 Å². The summed E-state index contributed by atoms with van der Waals surface area (Å²) in [6, 6.07) is 2.54. The number of hydrogen-bond donors (Lipinski definition) is 2. The largest absolute Gasteiger partial charge is 0.461 e. The molecule has 3 rings (SSSR count). The lowest BCUT2D eigenvalue weighted by atomic mass is 10.2. The Morgan fingerprint density at radius 1 is 1.50 bits per heavy atom. The number of nitrogen functional groups attached to an aromatic ring is 1. The lowest BCUT2D eigenvalue weighted by Crippen LogP contribution is -2.12. The van der Waals surface area contributed by atoms with E-state index < -0.39 is 16.5 Å². The fraction of sp³-hybridized carbons (Fsp3) is 0.214. The summed E-state index contributed by atoms with van der Waals surface area (Å²) in [5.74, 6) is -0.652. The predicted molar refractivity (Wildman–Crippen MR) is 85.1 cm³/mol. The number of nitrogens with two attached hydrogens (primary N) is 1. The van der Waals surface area contributed by atoms with Crippen molar-refractivity contribution in [2.75, 3.05) is 12.3 Å². The number of carbonyl (C=O) groups is 1. The van der Waals surface area contributed by atoms with E-state index >= 15 is 0 Å². The molecule has 0 saturated heterocycles. The quantitative estimate of drug-likeness (QED) is 0.317. The van der Waals surface area contributed by atoms with Crippen LogP contribution in [0.2, 0.25) is 0 Å². The number of nitrogens with zero attached hydrogens (tertiary/aromatic N) is 3. The highest BCUT2D eigenvalue weighted by Gasteiger charge is 2.22. The van der Waals surface area contributed by atoms with E-state index in [0.29, 0.717) is 11.2 Å². The Bertz CT molecular complexity index is 1070. The molecular weight excluding hydrogens is 318 g/mol. The number of nitro groups is 1. The summed E-state index contributed by atoms with van der Waals surface area (Å²) in [6.07, 6.45) is 0. The molecule has 0 fully saturated rings. The van der Waals surface area contributed by atoms with E-state index in [0.717, 1.165) is 0 Å². The minimum Gasteiger partial charge on any atom is -0.461 e. The molecule has 0 atom stereocenters. The minimum absolute atomic E-state index is 0.00627. The molecule has 1 aromatic carbocycles. The van der Waals surface area contributed by atoms with Gasteiger partial charge < -0.3 is 15.5 Å². The summed E-state index contributed by atoms with van der Waals surface area (Å²) >= 11 is 0. The monoisotopic (exact) mass is 331 g/mol. The number of aryl methyl sites for hydroxylation is 1. The van der Waals surface area contributed by atoms with Gasteiger partial charge >= 0.3 is 5.97 Å². The van der Waals surface area contributed by atoms with Crippen LogP contribution in [0.5, 0.6) is 0 Å². The van der Waals surface area contributed by atoms with E-state index in [1.165, 1.54) is 16.5 Å². The van der Waals surface area contributed by atoms with Crippen molar-refractivity contribution in [3.8, 4) is 0 Å². The Labute approximate surface area is 134 Å². The number of nitrogens with one attached hydrogen (secondary N) is 1. The SMILES string of the molecule is CCOC(=O)c1nc2c(=O)[nH]c3cc([N+](=O)[O-])c(N)cc3n2c1C. The van der Waals surface area contributed by atoms with Crippen LogP contribution in [0.25, 0.3) is 16.7 Å². The smallest absolute Gasteiger partial charge is 0.358 e. The average Bonchev–Trinajstić information content (AvgIpc) is 2.86. The number of aromatic amines is 1. The number of hydrogen-bond acceptors (Lipinski definition) is 7. The number of anilines is 1. The second kappa shape index (κ2) is 5.33. The molecule has 0 unspecified atom stereocenters. The molecule has 0 saturated carbocycles. The highest BCUT2D eigenvalue weighted by atomic mass is 16.6. The van der Waals surface area contributed by atoms with Crippen LogP contribution >= 0.6 is 0 Å². The van der Waals surface area contributed by atoms with Gasteiger partial charge in [0.15, 0.2) is 5.69 Å². The molecule has 2 aromatic heterocycles. The highest BCUT2D eigenvalue weighted by Crippen LogP contribution is 2.27. The van der Waals surface area contributed by atoms with E-state index in [9.17, 15) is 19.7 Å². The van der Waals surface area contributed by atoms with Gasteiger partial charge in [0.25, 0.3) is 11.2 Å². The molecule has 0 aliphatic rings. The molecule has 10 nitrogen and oxygen atoms in total. The van der Waals surface area contributed by atoms with Crippen LogP contribution in [0.3, 0.4) is 0 Å². The number of H-pyrrole nitrogens is 1. The summed E-state index contributed by atoms with van der Waals surface area (Å²) in [6.45, 7) is 3.43. The second-order valence-electron chi connectivity index (χ2n) is 5.06. The first kappa shape index (κ1) is 15.5. The summed E-state index contributed by atoms with van der Waals surface area (Å²) in [5, 5.41) is 11.0. The molecule has 0 bridgehead atoms. The zero-order valence-corrected chi connectivity index (χ0v) is 12.8. The maximum absolute atomic E-state index is 12.2. The first-order valence-electron chi connectivity index (χ1n) is 7.01. The molecule has 0 aliphatic heterocycles. The van der Waals surface area contributed by atoms with Gasteiger partial charge in [-0.05, 0) is 19.9 Å². The average molecular weight is 331 g/mol. The molecule has 124 valence electrons. The number of carbonyl (C=O) groups excluding carboxylic acids is 1. The van der Waals surface area contributed by atoms with E-state index in [1.807, 2.05) is 0 Å². The predicted octanol–water partition coefficient (Wildman–Crippen LogP) is 1.15. The molecule has 0 radical (unpaired) electrons. The van der Waals surface area contributed by atoms with Crippen LogP contribution < -0.4 is 11.3 Å². The van der Waals surface area contributed by atoms with Gasteiger partial charge in [-0.15, -0.1) is 0 Å². The van der Waals surface area contributed by atoms with Crippen molar-refractivity contribution >= 4 is 34.0 Å². The second-order valence-corrected chi connectivity index (χ2v) is 5.06. The van der Waals surface area contributed by atoms with Crippen LogP contribution in [0.15, 0.2) is 16.9 Å². The van der Waals surface area contributed by atoms with Gasteiger partial charge in [-0.1, -0.05) is 0 Å². The van der Waals surface area contributed by atoms with Crippen LogP contribution in [-0.2, 0) is 4.74 Å². The lowest BCUT2D eigenvalue weighted by molar-refractivity contribution is -0.383. The molecular formula is C14H13N5O5. The number of benzene rings is 1. The summed E-state index contributed by atoms with van der Waals surface area (Å²) < 4.78 is 6.35. The normalized spacial score (nSPS) is 11.1. The standard InChI is InChI=1S/C14H13N5O5/c1-3-24-14(21)11-6(2)18-10-4-7(15)9(19(22)23)5-8(10)16-13(20)12(18)17-11/h4-5H,3,15H2,1-2H3,(H,16,20). The Morgan fingerprint density at radius 3 is 2.83 bits per heavy atom. The van der Waals surface area contributed by atoms with Crippen LogP contribution in [0.4, 0.5) is 11.4 Å². The Hall–Kier alpha value is -3.43. The zero-order valence-electron chi connectivity index (χ0n) is 12.8. The van der Waals surface area contributed by atoms with Gasteiger partial charge in [-0.25, -0.2) is 9.78 Å². The number of nitro benzene ring substituents is 1. The molecule has 2 heterocycles. The third-order valence-corrected chi connectivity index (χ3v) is 3.61. The molecule has 10 heteroatoms. The zero-order chi connectivity index (χ0) is 17.6. The third-order valence-electron chi connectivity index (χ3n) is 3.61. The molecule has 0 spiro atoms. The van der Waals surface area contributed by atoms with E-state index in [2.05, 4.69) is 9.97 Å². The molecule has 3 N–H and O–H groups in total. The number of ether oxygens (including phenoxy) is 1. The Morgan fingerprint density at radius 2 is 2.21 bits per heavy atom. The Kier molecular flexibility index (Phi) is 3.44. The first-order chi connectivity index (χ1) is 11.3. The maximum atomic E-state index is 12.2. The van der Waals surface area contributed by atoms with Crippen molar-refractivity contribution in [1.82, 2.24) is 14.4 Å². The lowest BCUT2D eigenvalue weighted by Gasteiger charge is -2.06. The van der Waals surface area contributed by atoms with Crippen molar-refractivity contribution in [2.24, 2.45) is 0 Å². The molecule has 0 amide bonds. The van der Waals surface area contributed by atoms with Gasteiger partial charge in [0.1, 0.15) is 5.69 Å². The van der Waals surface area contributed by atoms with E-state index in [-0.39, 0.29) is 34.8 Å². The van der Waals surface area contributed by atoms with Crippen molar-refractivity contribution < 1.29 is 14.5 Å². The fourth-order valence-corrected chi connectivity index (χ4v) is 2.56. The minimum atomic E-state index is -0.652. The Balaban J connectivity index is 2.42. The van der Waals surface area contributed by atoms with Crippen molar-refractivity contribution in [1.29, 1.82) is 0 Å². The summed E-state index contributed by atoms with van der Waals surface area (Å²) in [7, 11) is 0. The fourth-order valence-electron chi connectivity index (χ4n) is 2.56. The van der Waals surface area contributed by atoms with Gasteiger partial charge in [-0.2, -0.15) is 0 Å². The number of esters is 1. The number of rotatable bonds is 3. The van der Waals surface area contributed by atoms with Crippen LogP contribution in [0.1, 0.15) is 23.1 Å². The molecule has 24 heavy (non-hydrogen) atoms. The van der Waals surface area contributed by atoms with Gasteiger partial charge in [-0.3, -0.25) is 19.3 Å². The van der Waals surface area contributed by atoms with Gasteiger partial charge in [0.05, 0.1) is 28.3 Å². The van der Waals surface area contributed by atoms with Crippen molar-refractivity contribution in [3.05, 3.63) is 44.0 Å². The van der Waals surface area contributed by atoms with E-state index in [1.54, 1.807) is 13.8 Å². The number of fused-ring (bicyclic) bond motifs is 3. The maximum Gasteiger partial charge on any atom is 0.358 e. The summed E-state index contributed by atoms with van der Waals surface area (Å²) in [4.78, 5) is 41.1. The molecule has 0 aliphatic carbocycles. The van der Waals surface area contributed by atoms with Crippen LogP contribution in [-0.4, -0.2) is 31.9 Å². The summed E-state index contributed by atoms with van der Waals surface area (Å²) in [5.41, 5.74) is 5.74. The van der Waals surface area contributed by atoms with Crippen molar-refractivity contribution in [2.45, 2.75) is 13.8 Å².